The van der Waals surface area contributed by atoms with Gasteiger partial charge in [-0.1, -0.05) is 45.4 Å². The topological polar surface area (TPSA) is 82.1 Å². The monoisotopic (exact) mass is 484 g/mol. The Hall–Kier alpha value is -1.50. The van der Waals surface area contributed by atoms with Crippen LogP contribution in [0.15, 0.2) is 23.8 Å². The Balaban J connectivity index is 1.39. The van der Waals surface area contributed by atoms with E-state index >= 15 is 0 Å². The number of allylic oxidation sites excluding steroid dienone is 1. The summed E-state index contributed by atoms with van der Waals surface area (Å²) in [5, 5.41) is 11.1. The minimum absolute atomic E-state index is 0.0141. The first-order valence-electron chi connectivity index (χ1n) is 13.6. The molecular formula is C29H40O6. The fourth-order valence-electron chi connectivity index (χ4n) is 9.99. The van der Waals surface area contributed by atoms with Crippen LogP contribution in [0.25, 0.3) is 0 Å². The molecule has 0 unspecified atom stereocenters. The number of aldehydes is 1. The van der Waals surface area contributed by atoms with E-state index in [1.807, 2.05) is 6.92 Å². The van der Waals surface area contributed by atoms with Crippen LogP contribution < -0.4 is 0 Å². The third-order valence-corrected chi connectivity index (χ3v) is 11.3. The largest absolute Gasteiger partial charge is 0.481 e. The molecule has 2 heterocycles. The Morgan fingerprint density at radius 1 is 1.31 bits per heavy atom. The number of carbonyl (C=O) groups excluding carboxylic acids is 1. The van der Waals surface area contributed by atoms with E-state index < -0.39 is 28.5 Å². The van der Waals surface area contributed by atoms with Crippen molar-refractivity contribution in [3.8, 4) is 0 Å². The molecule has 0 spiro atoms. The van der Waals surface area contributed by atoms with E-state index in [9.17, 15) is 14.7 Å². The number of rotatable bonds is 6. The van der Waals surface area contributed by atoms with Gasteiger partial charge < -0.3 is 24.1 Å². The maximum atomic E-state index is 13.5. The lowest BCUT2D eigenvalue weighted by molar-refractivity contribution is -0.248. The average Bonchev–Trinajstić information content (AvgIpc) is 3.50. The van der Waals surface area contributed by atoms with Crippen molar-refractivity contribution in [2.45, 2.75) is 78.3 Å². The van der Waals surface area contributed by atoms with E-state index in [4.69, 9.17) is 14.2 Å². The maximum Gasteiger partial charge on any atom is 0.315 e. The zero-order valence-corrected chi connectivity index (χ0v) is 21.5. The minimum atomic E-state index is -1.20. The van der Waals surface area contributed by atoms with Crippen molar-refractivity contribution in [1.29, 1.82) is 0 Å². The predicted octanol–water partition coefficient (Wildman–Crippen LogP) is 4.63. The van der Waals surface area contributed by atoms with E-state index in [2.05, 4.69) is 33.4 Å². The van der Waals surface area contributed by atoms with Crippen LogP contribution in [0.3, 0.4) is 0 Å². The molecule has 2 saturated heterocycles. The highest BCUT2D eigenvalue weighted by molar-refractivity contribution is 5.90. The van der Waals surface area contributed by atoms with Crippen LogP contribution in [-0.4, -0.2) is 49.1 Å². The number of ether oxygens (including phenoxy) is 3. The minimum Gasteiger partial charge on any atom is -0.481 e. The van der Waals surface area contributed by atoms with Gasteiger partial charge in [-0.3, -0.25) is 4.79 Å². The molecule has 4 aliphatic carbocycles. The molecular weight excluding hydrogens is 444 g/mol. The molecule has 0 aromatic carbocycles. The van der Waals surface area contributed by atoms with E-state index in [-0.39, 0.29) is 35.9 Å². The molecule has 6 rings (SSSR count). The Labute approximate surface area is 208 Å². The molecule has 0 amide bonds. The second-order valence-electron chi connectivity index (χ2n) is 12.8. The van der Waals surface area contributed by atoms with Crippen LogP contribution in [0.1, 0.15) is 59.8 Å². The van der Waals surface area contributed by atoms with Gasteiger partial charge in [-0.05, 0) is 61.3 Å². The summed E-state index contributed by atoms with van der Waals surface area (Å²) in [5.74, 6) is 0.474. The number of carbonyl (C=O) groups is 2. The van der Waals surface area contributed by atoms with Gasteiger partial charge in [0.1, 0.15) is 11.7 Å². The molecule has 0 radical (unpaired) electrons. The first kappa shape index (κ1) is 23.9. The van der Waals surface area contributed by atoms with Gasteiger partial charge in [0, 0.05) is 17.8 Å². The highest BCUT2D eigenvalue weighted by atomic mass is 16.7. The van der Waals surface area contributed by atoms with Gasteiger partial charge in [0.05, 0.1) is 30.8 Å². The summed E-state index contributed by atoms with van der Waals surface area (Å²) in [5.41, 5.74) is -0.635. The Kier molecular flexibility index (Phi) is 5.29. The summed E-state index contributed by atoms with van der Waals surface area (Å²) in [7, 11) is 0. The lowest BCUT2D eigenvalue weighted by Crippen LogP contribution is -2.63. The summed E-state index contributed by atoms with van der Waals surface area (Å²) in [6.07, 6.45) is 6.92. The van der Waals surface area contributed by atoms with Crippen molar-refractivity contribution in [3.63, 3.8) is 0 Å². The molecule has 11 atom stereocenters. The predicted molar refractivity (Wildman–Crippen MR) is 129 cm³/mol. The summed E-state index contributed by atoms with van der Waals surface area (Å²) in [4.78, 5) is 26.7. The number of hydrogen-bond donors (Lipinski definition) is 1. The molecule has 0 aromatic heterocycles. The molecule has 4 bridgehead atoms. The van der Waals surface area contributed by atoms with Gasteiger partial charge in [-0.25, -0.2) is 0 Å². The Morgan fingerprint density at radius 2 is 2.09 bits per heavy atom. The standard InChI is InChI=1S/C29H40O6/c1-15(2)23-8-19-10-27(13-30)22-7-6-16(3)21(22)11-28(19,29(23,27)26(31)32)14-34-24-9-20-17(4)12-33-25(20)18(5)35-24/h8,13,15-16,18-22,24-25H,4,6-7,9-12,14H2,1-3,5H3,(H,31,32)/t16-,18-,19-,20-,21-,22-,24-,25-,27+,28+,29+/m1/s1. The highest BCUT2D eigenvalue weighted by Crippen LogP contribution is 2.82. The quantitative estimate of drug-likeness (QED) is 0.437. The summed E-state index contributed by atoms with van der Waals surface area (Å²) in [6.45, 7) is 13.5. The van der Waals surface area contributed by atoms with Gasteiger partial charge in [0.2, 0.25) is 0 Å². The normalized spacial score (nSPS) is 51.9. The van der Waals surface area contributed by atoms with E-state index in [1.54, 1.807) is 0 Å². The second-order valence-corrected chi connectivity index (χ2v) is 12.8. The van der Waals surface area contributed by atoms with Gasteiger partial charge >= 0.3 is 5.97 Å². The van der Waals surface area contributed by atoms with Gasteiger partial charge in [0.15, 0.2) is 6.29 Å². The van der Waals surface area contributed by atoms with Crippen molar-refractivity contribution < 1.29 is 28.9 Å². The third kappa shape index (κ3) is 2.72. The number of aliphatic carboxylic acids is 1. The van der Waals surface area contributed by atoms with Crippen molar-refractivity contribution in [1.82, 2.24) is 0 Å². The molecule has 2 aliphatic heterocycles. The average molecular weight is 485 g/mol. The molecule has 0 aromatic rings. The van der Waals surface area contributed by atoms with Crippen LogP contribution in [0, 0.1) is 51.8 Å². The lowest BCUT2D eigenvalue weighted by atomic mass is 9.43. The van der Waals surface area contributed by atoms with Crippen LogP contribution >= 0.6 is 0 Å². The highest BCUT2D eigenvalue weighted by Gasteiger charge is 2.84. The summed E-state index contributed by atoms with van der Waals surface area (Å²) >= 11 is 0. The number of carboxylic acid groups (broad SMARTS) is 1. The maximum absolute atomic E-state index is 13.5. The molecule has 6 heteroatoms. The molecule has 6 aliphatic rings. The number of fused-ring (bicyclic) bond motifs is 3. The Morgan fingerprint density at radius 3 is 2.77 bits per heavy atom. The first-order chi connectivity index (χ1) is 16.6. The van der Waals surface area contributed by atoms with Crippen LogP contribution in [0.4, 0.5) is 0 Å². The molecule has 192 valence electrons. The number of hydrogen-bond acceptors (Lipinski definition) is 5. The van der Waals surface area contributed by atoms with Gasteiger partial charge in [-0.2, -0.15) is 0 Å². The molecule has 1 N–H and O–H groups in total. The van der Waals surface area contributed by atoms with E-state index in [0.717, 1.165) is 36.7 Å². The van der Waals surface area contributed by atoms with Gasteiger partial charge in [-0.15, -0.1) is 0 Å². The zero-order chi connectivity index (χ0) is 24.9. The van der Waals surface area contributed by atoms with E-state index in [1.165, 1.54) is 0 Å². The fourth-order valence-corrected chi connectivity index (χ4v) is 9.99. The van der Waals surface area contributed by atoms with Gasteiger partial charge in [0.25, 0.3) is 0 Å². The fraction of sp³-hybridized carbons (Fsp3) is 0.793. The van der Waals surface area contributed by atoms with Crippen LogP contribution in [0.2, 0.25) is 0 Å². The lowest BCUT2D eigenvalue weighted by Gasteiger charge is -2.58. The SMILES string of the molecule is C=C1CO[C@H]2[C@@H]1C[C@H](OC[C@@]13C[C@@H]4[C@H](C)CC[C@H]4[C@@]4(C=O)C[C@H]1C=C(C(C)C)[C@@]34C(=O)O)O[C@@H]2C. The number of carboxylic acids is 1. The van der Waals surface area contributed by atoms with Crippen molar-refractivity contribution in [2.75, 3.05) is 13.2 Å². The molecule has 5 fully saturated rings. The molecule has 6 nitrogen and oxygen atoms in total. The van der Waals surface area contributed by atoms with Crippen molar-refractivity contribution >= 4 is 12.3 Å². The Bertz CT molecular complexity index is 986. The van der Waals surface area contributed by atoms with Crippen LogP contribution in [-0.2, 0) is 23.8 Å². The third-order valence-electron chi connectivity index (χ3n) is 11.3. The van der Waals surface area contributed by atoms with Crippen LogP contribution in [0.5, 0.6) is 0 Å². The zero-order valence-electron chi connectivity index (χ0n) is 21.5. The molecule has 35 heavy (non-hydrogen) atoms. The van der Waals surface area contributed by atoms with Crippen molar-refractivity contribution in [2.24, 2.45) is 51.8 Å². The summed E-state index contributed by atoms with van der Waals surface area (Å²) < 4.78 is 18.7. The smallest absolute Gasteiger partial charge is 0.315 e. The summed E-state index contributed by atoms with van der Waals surface area (Å²) in [6, 6.07) is 0. The van der Waals surface area contributed by atoms with E-state index in [0.29, 0.717) is 37.9 Å². The second kappa shape index (κ2) is 7.75. The first-order valence-corrected chi connectivity index (χ1v) is 13.6. The molecule has 3 saturated carbocycles. The van der Waals surface area contributed by atoms with Crippen molar-refractivity contribution in [3.05, 3.63) is 23.8 Å².